The lowest BCUT2D eigenvalue weighted by Crippen LogP contribution is -2.28. The Morgan fingerprint density at radius 1 is 1.12 bits per heavy atom. The molecule has 1 heterocycles. The van der Waals surface area contributed by atoms with Gasteiger partial charge in [-0.25, -0.2) is 0 Å². The van der Waals surface area contributed by atoms with Crippen LogP contribution in [0.1, 0.15) is 39.9 Å². The summed E-state index contributed by atoms with van der Waals surface area (Å²) in [4.78, 5) is 14.7. The smallest absolute Gasteiger partial charge is 0.256 e. The van der Waals surface area contributed by atoms with Crippen LogP contribution in [0, 0.1) is 13.8 Å². The molecule has 3 rings (SSSR count). The normalized spacial score (nSPS) is 14.0. The molecule has 1 amide bonds. The van der Waals surface area contributed by atoms with Gasteiger partial charge < -0.3 is 10.2 Å². The number of benzene rings is 2. The fraction of sp³-hybridized carbons (Fsp3) is 0.350. The predicted molar refractivity (Wildman–Crippen MR) is 99.8 cm³/mol. The van der Waals surface area contributed by atoms with E-state index in [4.69, 9.17) is 11.6 Å². The SMILES string of the molecule is Cc1ccc(C)c(CNc2ccc(Cl)cc2C(=O)N2CCCC2)c1. The first kappa shape index (κ1) is 16.8. The minimum Gasteiger partial charge on any atom is -0.380 e. The van der Waals surface area contributed by atoms with E-state index in [1.165, 1.54) is 16.7 Å². The van der Waals surface area contributed by atoms with Gasteiger partial charge in [0.2, 0.25) is 0 Å². The first-order chi connectivity index (χ1) is 11.5. The molecule has 2 aromatic carbocycles. The summed E-state index contributed by atoms with van der Waals surface area (Å²) in [6, 6.07) is 11.9. The molecule has 4 heteroatoms. The first-order valence-electron chi connectivity index (χ1n) is 8.43. The monoisotopic (exact) mass is 342 g/mol. The molecule has 1 aliphatic rings. The van der Waals surface area contributed by atoms with Crippen LogP contribution in [0.5, 0.6) is 0 Å². The van der Waals surface area contributed by atoms with Crippen molar-refractivity contribution in [2.24, 2.45) is 0 Å². The second-order valence-electron chi connectivity index (χ2n) is 6.47. The predicted octanol–water partition coefficient (Wildman–Crippen LogP) is 4.80. The molecule has 1 N–H and O–H groups in total. The van der Waals surface area contributed by atoms with Gasteiger partial charge in [0.25, 0.3) is 5.91 Å². The molecule has 1 saturated heterocycles. The molecule has 0 spiro atoms. The molecule has 3 nitrogen and oxygen atoms in total. The number of anilines is 1. The highest BCUT2D eigenvalue weighted by molar-refractivity contribution is 6.31. The number of amides is 1. The zero-order valence-electron chi connectivity index (χ0n) is 14.2. The molecule has 2 aromatic rings. The Bertz CT molecular complexity index is 751. The number of carbonyl (C=O) groups is 1. The molecule has 0 aromatic heterocycles. The zero-order valence-corrected chi connectivity index (χ0v) is 15.0. The Balaban J connectivity index is 1.82. The quantitative estimate of drug-likeness (QED) is 0.865. The number of likely N-dealkylation sites (tertiary alicyclic amines) is 1. The van der Waals surface area contributed by atoms with Gasteiger partial charge in [0.05, 0.1) is 5.56 Å². The molecular weight excluding hydrogens is 320 g/mol. The van der Waals surface area contributed by atoms with Crippen LogP contribution in [0.3, 0.4) is 0 Å². The number of nitrogens with zero attached hydrogens (tertiary/aromatic N) is 1. The van der Waals surface area contributed by atoms with Gasteiger partial charge in [0.15, 0.2) is 0 Å². The van der Waals surface area contributed by atoms with Gasteiger partial charge >= 0.3 is 0 Å². The van der Waals surface area contributed by atoms with E-state index >= 15 is 0 Å². The van der Waals surface area contributed by atoms with Crippen LogP contribution >= 0.6 is 11.6 Å². The standard InChI is InChI=1S/C20H23ClN2O/c1-14-5-6-15(2)16(11-14)13-22-19-8-7-17(21)12-18(19)20(24)23-9-3-4-10-23/h5-8,11-12,22H,3-4,9-10,13H2,1-2H3. The second kappa shape index (κ2) is 7.27. The third kappa shape index (κ3) is 3.73. The Morgan fingerprint density at radius 3 is 2.62 bits per heavy atom. The van der Waals surface area contributed by atoms with Crippen LogP contribution in [0.25, 0.3) is 0 Å². The Hall–Kier alpha value is -2.00. The van der Waals surface area contributed by atoms with Crippen molar-refractivity contribution in [3.05, 3.63) is 63.7 Å². The largest absolute Gasteiger partial charge is 0.380 e. The molecule has 0 atom stereocenters. The van der Waals surface area contributed by atoms with E-state index in [0.717, 1.165) is 31.6 Å². The summed E-state index contributed by atoms with van der Waals surface area (Å²) in [5, 5.41) is 4.02. The van der Waals surface area contributed by atoms with E-state index in [1.54, 1.807) is 6.07 Å². The molecular formula is C20H23ClN2O. The van der Waals surface area contributed by atoms with E-state index in [0.29, 0.717) is 17.1 Å². The minimum absolute atomic E-state index is 0.0680. The summed E-state index contributed by atoms with van der Waals surface area (Å²) in [6.07, 6.45) is 2.16. The van der Waals surface area contributed by atoms with Crippen molar-refractivity contribution < 1.29 is 4.79 Å². The van der Waals surface area contributed by atoms with Crippen LogP contribution in [-0.4, -0.2) is 23.9 Å². The lowest BCUT2D eigenvalue weighted by atomic mass is 10.1. The van der Waals surface area contributed by atoms with Crippen LogP contribution in [0.4, 0.5) is 5.69 Å². The van der Waals surface area contributed by atoms with Gasteiger partial charge in [-0.3, -0.25) is 4.79 Å². The fourth-order valence-electron chi connectivity index (χ4n) is 3.12. The average molecular weight is 343 g/mol. The summed E-state index contributed by atoms with van der Waals surface area (Å²) in [5.41, 5.74) is 5.23. The van der Waals surface area contributed by atoms with Crippen molar-refractivity contribution in [1.29, 1.82) is 0 Å². The first-order valence-corrected chi connectivity index (χ1v) is 8.81. The van der Waals surface area contributed by atoms with Crippen molar-refractivity contribution in [3.63, 3.8) is 0 Å². The molecule has 126 valence electrons. The summed E-state index contributed by atoms with van der Waals surface area (Å²) in [7, 11) is 0. The molecule has 1 fully saturated rings. The minimum atomic E-state index is 0.0680. The topological polar surface area (TPSA) is 32.3 Å². The van der Waals surface area contributed by atoms with Gasteiger partial charge in [-0.15, -0.1) is 0 Å². The molecule has 0 aliphatic carbocycles. The number of halogens is 1. The van der Waals surface area contributed by atoms with E-state index in [1.807, 2.05) is 17.0 Å². The number of hydrogen-bond acceptors (Lipinski definition) is 2. The summed E-state index contributed by atoms with van der Waals surface area (Å²) >= 11 is 6.13. The van der Waals surface area contributed by atoms with Gasteiger partial charge in [-0.05, 0) is 56.0 Å². The number of nitrogens with one attached hydrogen (secondary N) is 1. The summed E-state index contributed by atoms with van der Waals surface area (Å²) < 4.78 is 0. The summed E-state index contributed by atoms with van der Waals surface area (Å²) in [5.74, 6) is 0.0680. The van der Waals surface area contributed by atoms with Gasteiger partial charge in [0.1, 0.15) is 0 Å². The zero-order chi connectivity index (χ0) is 17.1. The lowest BCUT2D eigenvalue weighted by Gasteiger charge is -2.19. The molecule has 0 saturated carbocycles. The van der Waals surface area contributed by atoms with Crippen LogP contribution in [0.2, 0.25) is 5.02 Å². The van der Waals surface area contributed by atoms with Crippen molar-refractivity contribution >= 4 is 23.2 Å². The van der Waals surface area contributed by atoms with Crippen LogP contribution in [0.15, 0.2) is 36.4 Å². The number of carbonyl (C=O) groups excluding carboxylic acids is 1. The van der Waals surface area contributed by atoms with Gasteiger partial charge in [-0.2, -0.15) is 0 Å². The molecule has 24 heavy (non-hydrogen) atoms. The maximum atomic E-state index is 12.8. The lowest BCUT2D eigenvalue weighted by molar-refractivity contribution is 0.0793. The number of hydrogen-bond donors (Lipinski definition) is 1. The third-order valence-electron chi connectivity index (χ3n) is 4.58. The van der Waals surface area contributed by atoms with Crippen molar-refractivity contribution in [3.8, 4) is 0 Å². The number of rotatable bonds is 4. The molecule has 0 radical (unpaired) electrons. The van der Waals surface area contributed by atoms with Crippen LogP contribution < -0.4 is 5.32 Å². The van der Waals surface area contributed by atoms with Crippen molar-refractivity contribution in [2.75, 3.05) is 18.4 Å². The van der Waals surface area contributed by atoms with E-state index < -0.39 is 0 Å². The van der Waals surface area contributed by atoms with E-state index in [2.05, 4.69) is 37.4 Å². The third-order valence-corrected chi connectivity index (χ3v) is 4.81. The molecule has 0 unspecified atom stereocenters. The highest BCUT2D eigenvalue weighted by atomic mass is 35.5. The highest BCUT2D eigenvalue weighted by Crippen LogP contribution is 2.25. The van der Waals surface area contributed by atoms with Crippen molar-refractivity contribution in [2.45, 2.75) is 33.2 Å². The Kier molecular flexibility index (Phi) is 5.10. The highest BCUT2D eigenvalue weighted by Gasteiger charge is 2.22. The van der Waals surface area contributed by atoms with Gasteiger partial charge in [0, 0.05) is 30.3 Å². The van der Waals surface area contributed by atoms with Crippen LogP contribution in [-0.2, 0) is 6.54 Å². The summed E-state index contributed by atoms with van der Waals surface area (Å²) in [6.45, 7) is 6.56. The maximum absolute atomic E-state index is 12.8. The van der Waals surface area contributed by atoms with Gasteiger partial charge in [-0.1, -0.05) is 35.4 Å². The Morgan fingerprint density at radius 2 is 1.88 bits per heavy atom. The second-order valence-corrected chi connectivity index (χ2v) is 6.91. The van der Waals surface area contributed by atoms with E-state index in [-0.39, 0.29) is 5.91 Å². The molecule has 1 aliphatic heterocycles. The average Bonchev–Trinajstić information content (AvgIpc) is 3.10. The number of aryl methyl sites for hydroxylation is 2. The fourth-order valence-corrected chi connectivity index (χ4v) is 3.29. The van der Waals surface area contributed by atoms with Crippen molar-refractivity contribution in [1.82, 2.24) is 4.90 Å². The maximum Gasteiger partial charge on any atom is 0.256 e. The van der Waals surface area contributed by atoms with E-state index in [9.17, 15) is 4.79 Å². The Labute approximate surface area is 148 Å². The molecule has 0 bridgehead atoms.